The van der Waals surface area contributed by atoms with Crippen molar-refractivity contribution in [2.45, 2.75) is 38.4 Å². The molecule has 3 atom stereocenters. The lowest BCUT2D eigenvalue weighted by molar-refractivity contribution is -0.0445. The molecule has 0 aliphatic carbocycles. The molecule has 1 unspecified atom stereocenters. The Morgan fingerprint density at radius 2 is 1.94 bits per heavy atom. The summed E-state index contributed by atoms with van der Waals surface area (Å²) in [5.41, 5.74) is 0.647. The minimum absolute atomic E-state index is 0.0254. The number of amides is 1. The first-order valence-electron chi connectivity index (χ1n) is 10.1. The summed E-state index contributed by atoms with van der Waals surface area (Å²) in [5.74, 6) is -0.606. The lowest BCUT2D eigenvalue weighted by Gasteiger charge is -2.38. The summed E-state index contributed by atoms with van der Waals surface area (Å²) in [6.45, 7) is 5.46. The lowest BCUT2D eigenvalue weighted by Crippen LogP contribution is -2.46. The highest BCUT2D eigenvalue weighted by Crippen LogP contribution is 2.42. The van der Waals surface area contributed by atoms with Gasteiger partial charge in [0.15, 0.2) is 24.0 Å². The highest BCUT2D eigenvalue weighted by atomic mass is 19.1. The Balaban J connectivity index is 1.67. The Labute approximate surface area is 176 Å². The van der Waals surface area contributed by atoms with Gasteiger partial charge in [-0.15, -0.1) is 0 Å². The van der Waals surface area contributed by atoms with Crippen molar-refractivity contribution >= 4 is 28.6 Å². The van der Waals surface area contributed by atoms with E-state index < -0.39 is 24.2 Å². The number of rotatable bonds is 3. The third-order valence-corrected chi connectivity index (χ3v) is 5.55. The standard InChI is InChI=1S/C20H21FN4O6/c1-10-7-24(8-11(2)30-10)16-13(19-27-3-4-28-19)5-14-17(15(16)21)31-23-18(14)25-12(6-22)9-29-20(25)26/h5,10-12,19H,3-4,7-9H2,1-2H3/t10-,11-,12?/m1/s1. The fraction of sp³-hybridized carbons (Fsp3) is 0.550. The third kappa shape index (κ3) is 3.27. The zero-order valence-electron chi connectivity index (χ0n) is 17.0. The Kier molecular flexibility index (Phi) is 4.92. The summed E-state index contributed by atoms with van der Waals surface area (Å²) in [6.07, 6.45) is -1.71. The molecule has 0 bridgehead atoms. The number of benzene rings is 1. The number of aromatic nitrogens is 1. The number of cyclic esters (lactones) is 1. The van der Waals surface area contributed by atoms with Gasteiger partial charge in [-0.25, -0.2) is 14.1 Å². The van der Waals surface area contributed by atoms with Crippen LogP contribution in [0, 0.1) is 17.1 Å². The van der Waals surface area contributed by atoms with Gasteiger partial charge in [-0.2, -0.15) is 5.26 Å². The van der Waals surface area contributed by atoms with Gasteiger partial charge in [0.2, 0.25) is 5.58 Å². The molecular formula is C20H21FN4O6. The molecule has 1 aromatic carbocycles. The van der Waals surface area contributed by atoms with Crippen LogP contribution in [0.25, 0.3) is 11.0 Å². The van der Waals surface area contributed by atoms with Gasteiger partial charge in [0.1, 0.15) is 6.61 Å². The van der Waals surface area contributed by atoms with Gasteiger partial charge in [-0.3, -0.25) is 0 Å². The van der Waals surface area contributed by atoms with Crippen molar-refractivity contribution < 1.29 is 32.7 Å². The quantitative estimate of drug-likeness (QED) is 0.722. The van der Waals surface area contributed by atoms with E-state index in [1.165, 1.54) is 0 Å². The molecule has 0 spiro atoms. The summed E-state index contributed by atoms with van der Waals surface area (Å²) >= 11 is 0. The summed E-state index contributed by atoms with van der Waals surface area (Å²) < 4.78 is 43.3. The maximum absolute atomic E-state index is 15.9. The molecule has 0 saturated carbocycles. The van der Waals surface area contributed by atoms with E-state index in [1.807, 2.05) is 24.8 Å². The molecule has 4 heterocycles. The van der Waals surface area contributed by atoms with E-state index in [9.17, 15) is 10.1 Å². The van der Waals surface area contributed by atoms with Crippen LogP contribution >= 0.6 is 0 Å². The highest BCUT2D eigenvalue weighted by Gasteiger charge is 2.40. The van der Waals surface area contributed by atoms with E-state index in [4.69, 9.17) is 23.5 Å². The lowest BCUT2D eigenvalue weighted by atomic mass is 10.0. The molecule has 3 fully saturated rings. The molecular weight excluding hydrogens is 411 g/mol. The molecule has 31 heavy (non-hydrogen) atoms. The Hall–Kier alpha value is -2.94. The molecule has 11 heteroatoms. The Bertz CT molecular complexity index is 1050. The molecule has 1 amide bonds. The van der Waals surface area contributed by atoms with E-state index >= 15 is 4.39 Å². The second kappa shape index (κ2) is 7.64. The van der Waals surface area contributed by atoms with E-state index in [1.54, 1.807) is 6.07 Å². The van der Waals surface area contributed by atoms with Gasteiger partial charge in [0.25, 0.3) is 0 Å². The zero-order valence-corrected chi connectivity index (χ0v) is 17.0. The number of halogens is 1. The van der Waals surface area contributed by atoms with Crippen LogP contribution < -0.4 is 9.80 Å². The minimum Gasteiger partial charge on any atom is -0.446 e. The van der Waals surface area contributed by atoms with Crippen LogP contribution in [0.1, 0.15) is 25.7 Å². The van der Waals surface area contributed by atoms with E-state index in [0.29, 0.717) is 37.6 Å². The van der Waals surface area contributed by atoms with Gasteiger partial charge >= 0.3 is 6.09 Å². The number of ether oxygens (including phenoxy) is 4. The van der Waals surface area contributed by atoms with E-state index in [0.717, 1.165) is 4.90 Å². The Morgan fingerprint density at radius 1 is 1.23 bits per heavy atom. The normalized spacial score (nSPS) is 27.2. The molecule has 3 aliphatic rings. The molecule has 5 rings (SSSR count). The minimum atomic E-state index is -0.882. The van der Waals surface area contributed by atoms with Gasteiger partial charge in [0.05, 0.1) is 42.6 Å². The molecule has 0 N–H and O–H groups in total. The van der Waals surface area contributed by atoms with Crippen molar-refractivity contribution in [2.75, 3.05) is 42.7 Å². The smallest absolute Gasteiger partial charge is 0.416 e. The first-order valence-corrected chi connectivity index (χ1v) is 10.1. The van der Waals surface area contributed by atoms with Crippen LogP contribution in [0.3, 0.4) is 0 Å². The molecule has 10 nitrogen and oxygen atoms in total. The first kappa shape index (κ1) is 20.0. The zero-order chi connectivity index (χ0) is 21.7. The van der Waals surface area contributed by atoms with Gasteiger partial charge in [0, 0.05) is 18.7 Å². The average molecular weight is 432 g/mol. The summed E-state index contributed by atoms with van der Waals surface area (Å²) in [6, 6.07) is 2.76. The number of morpholine rings is 1. The van der Waals surface area contributed by atoms with Crippen LogP contribution in [-0.4, -0.2) is 62.4 Å². The van der Waals surface area contributed by atoms with Crippen molar-refractivity contribution in [1.82, 2.24) is 5.16 Å². The number of nitriles is 1. The summed E-state index contributed by atoms with van der Waals surface area (Å²) in [7, 11) is 0. The second-order valence-electron chi connectivity index (χ2n) is 7.84. The average Bonchev–Trinajstić information content (AvgIpc) is 3.46. The molecule has 3 aliphatic heterocycles. The topological polar surface area (TPSA) is 110 Å². The van der Waals surface area contributed by atoms with Gasteiger partial charge in [-0.1, -0.05) is 5.16 Å². The van der Waals surface area contributed by atoms with E-state index in [-0.39, 0.29) is 35.6 Å². The molecule has 1 aromatic heterocycles. The predicted molar refractivity (Wildman–Crippen MR) is 104 cm³/mol. The number of nitrogens with zero attached hydrogens (tertiary/aromatic N) is 4. The van der Waals surface area contributed by atoms with Crippen LogP contribution in [0.15, 0.2) is 10.6 Å². The third-order valence-electron chi connectivity index (χ3n) is 5.55. The van der Waals surface area contributed by atoms with Crippen LogP contribution in [0.4, 0.5) is 20.7 Å². The Morgan fingerprint density at radius 3 is 2.61 bits per heavy atom. The van der Waals surface area contributed by atoms with Crippen molar-refractivity contribution in [2.24, 2.45) is 0 Å². The summed E-state index contributed by atoms with van der Waals surface area (Å²) in [5, 5.41) is 13.5. The molecule has 3 saturated heterocycles. The van der Waals surface area contributed by atoms with Crippen molar-refractivity contribution in [3.63, 3.8) is 0 Å². The molecule has 2 aromatic rings. The second-order valence-corrected chi connectivity index (χ2v) is 7.84. The van der Waals surface area contributed by atoms with Gasteiger partial charge in [-0.05, 0) is 19.9 Å². The van der Waals surface area contributed by atoms with Crippen molar-refractivity contribution in [3.8, 4) is 6.07 Å². The fourth-order valence-electron chi connectivity index (χ4n) is 4.36. The highest BCUT2D eigenvalue weighted by molar-refractivity contribution is 6.01. The maximum Gasteiger partial charge on any atom is 0.416 e. The number of carbonyl (C=O) groups is 1. The predicted octanol–water partition coefficient (Wildman–Crippen LogP) is 2.47. The largest absolute Gasteiger partial charge is 0.446 e. The van der Waals surface area contributed by atoms with Crippen LogP contribution in [-0.2, 0) is 18.9 Å². The van der Waals surface area contributed by atoms with Crippen LogP contribution in [0.2, 0.25) is 0 Å². The number of hydrogen-bond donors (Lipinski definition) is 0. The molecule has 0 radical (unpaired) electrons. The number of hydrogen-bond acceptors (Lipinski definition) is 9. The molecule has 164 valence electrons. The summed E-state index contributed by atoms with van der Waals surface area (Å²) in [4.78, 5) is 15.2. The SMILES string of the molecule is C[C@@H]1CN(c2c(C3OCCO3)cc3c(N4C(=O)OCC4C#N)noc3c2F)C[C@@H](C)O1. The van der Waals surface area contributed by atoms with Crippen LogP contribution in [0.5, 0.6) is 0 Å². The monoisotopic (exact) mass is 432 g/mol. The number of anilines is 2. The number of carbonyl (C=O) groups excluding carboxylic acids is 1. The maximum atomic E-state index is 15.9. The van der Waals surface area contributed by atoms with Gasteiger partial charge < -0.3 is 28.4 Å². The fourth-order valence-corrected chi connectivity index (χ4v) is 4.36. The number of fused-ring (bicyclic) bond motifs is 1. The van der Waals surface area contributed by atoms with Crippen molar-refractivity contribution in [1.29, 1.82) is 5.26 Å². The van der Waals surface area contributed by atoms with Crippen molar-refractivity contribution in [3.05, 3.63) is 17.4 Å². The van der Waals surface area contributed by atoms with E-state index in [2.05, 4.69) is 5.16 Å². The first-order chi connectivity index (χ1) is 15.0.